The van der Waals surface area contributed by atoms with E-state index >= 15 is 0 Å². The van der Waals surface area contributed by atoms with Gasteiger partial charge in [0.15, 0.2) is 5.76 Å². The number of amides is 1. The average molecular weight is 326 g/mol. The van der Waals surface area contributed by atoms with E-state index < -0.39 is 0 Å². The first-order valence-corrected chi connectivity index (χ1v) is 7.64. The predicted molar refractivity (Wildman–Crippen MR) is 93.0 cm³/mol. The molecule has 3 rings (SSSR count). The number of furan rings is 1. The Balaban J connectivity index is 1.82. The van der Waals surface area contributed by atoms with Gasteiger partial charge in [-0.15, -0.1) is 0 Å². The minimum atomic E-state index is -0.297. The first-order chi connectivity index (χ1) is 11.0. The van der Waals surface area contributed by atoms with Crippen LogP contribution in [0.4, 0.5) is 5.69 Å². The van der Waals surface area contributed by atoms with E-state index in [1.165, 1.54) is 0 Å². The third kappa shape index (κ3) is 3.46. The normalized spacial score (nSPS) is 10.6. The van der Waals surface area contributed by atoms with Crippen molar-refractivity contribution >= 4 is 23.2 Å². The summed E-state index contributed by atoms with van der Waals surface area (Å²) in [6.45, 7) is 3.94. The molecule has 0 aliphatic rings. The smallest absolute Gasteiger partial charge is 0.291 e. The van der Waals surface area contributed by atoms with E-state index in [-0.39, 0.29) is 11.7 Å². The summed E-state index contributed by atoms with van der Waals surface area (Å²) in [7, 11) is 0. The number of hydrogen-bond acceptors (Lipinski definition) is 2. The average Bonchev–Trinajstić information content (AvgIpc) is 3.01. The molecular formula is C19H16ClNO2. The number of hydrogen-bond donors (Lipinski definition) is 1. The highest BCUT2D eigenvalue weighted by Crippen LogP contribution is 2.25. The minimum absolute atomic E-state index is 0.265. The molecule has 0 saturated heterocycles. The number of carbonyl (C=O) groups is 1. The van der Waals surface area contributed by atoms with Crippen LogP contribution in [0.3, 0.4) is 0 Å². The first-order valence-electron chi connectivity index (χ1n) is 7.26. The summed E-state index contributed by atoms with van der Waals surface area (Å²) in [4.78, 5) is 12.3. The molecule has 116 valence electrons. The van der Waals surface area contributed by atoms with Crippen LogP contribution in [0.15, 0.2) is 59.2 Å². The second-order valence-electron chi connectivity index (χ2n) is 5.48. The van der Waals surface area contributed by atoms with Crippen molar-refractivity contribution in [1.82, 2.24) is 0 Å². The lowest BCUT2D eigenvalue weighted by atomic mass is 10.1. The maximum atomic E-state index is 12.3. The zero-order valence-electron chi connectivity index (χ0n) is 12.9. The SMILES string of the molecule is Cc1cccc(-c2coc(C(=O)Nc3cc(Cl)ccc3C)c2)c1. The Morgan fingerprint density at radius 2 is 1.87 bits per heavy atom. The van der Waals surface area contributed by atoms with Gasteiger partial charge in [0.2, 0.25) is 0 Å². The fourth-order valence-electron chi connectivity index (χ4n) is 2.34. The monoisotopic (exact) mass is 325 g/mol. The fourth-order valence-corrected chi connectivity index (χ4v) is 2.52. The number of halogens is 1. The Hall–Kier alpha value is -2.52. The molecular weight excluding hydrogens is 310 g/mol. The highest BCUT2D eigenvalue weighted by atomic mass is 35.5. The number of benzene rings is 2. The van der Waals surface area contributed by atoms with E-state index in [0.717, 1.165) is 22.3 Å². The van der Waals surface area contributed by atoms with Crippen LogP contribution in [0, 0.1) is 13.8 Å². The molecule has 0 atom stereocenters. The Kier molecular flexibility index (Phi) is 4.22. The molecule has 3 aromatic rings. The Labute approximate surface area is 139 Å². The topological polar surface area (TPSA) is 42.2 Å². The zero-order chi connectivity index (χ0) is 16.4. The molecule has 4 heteroatoms. The van der Waals surface area contributed by atoms with Crippen molar-refractivity contribution in [3.8, 4) is 11.1 Å². The fraction of sp³-hybridized carbons (Fsp3) is 0.105. The molecule has 0 saturated carbocycles. The third-order valence-electron chi connectivity index (χ3n) is 3.62. The molecule has 23 heavy (non-hydrogen) atoms. The van der Waals surface area contributed by atoms with Crippen molar-refractivity contribution in [2.24, 2.45) is 0 Å². The van der Waals surface area contributed by atoms with Crippen molar-refractivity contribution in [1.29, 1.82) is 0 Å². The summed E-state index contributed by atoms with van der Waals surface area (Å²) in [5.74, 6) is -0.0323. The molecule has 2 aromatic carbocycles. The van der Waals surface area contributed by atoms with Crippen LogP contribution in [-0.4, -0.2) is 5.91 Å². The summed E-state index contributed by atoms with van der Waals surface area (Å²) in [6, 6.07) is 15.1. The lowest BCUT2D eigenvalue weighted by Crippen LogP contribution is -2.11. The Morgan fingerprint density at radius 1 is 1.04 bits per heavy atom. The second-order valence-corrected chi connectivity index (χ2v) is 5.92. The van der Waals surface area contributed by atoms with E-state index in [4.69, 9.17) is 16.0 Å². The summed E-state index contributed by atoms with van der Waals surface area (Å²) < 4.78 is 5.42. The molecule has 0 fully saturated rings. The molecule has 0 aliphatic heterocycles. The van der Waals surface area contributed by atoms with E-state index in [1.54, 1.807) is 24.5 Å². The predicted octanol–water partition coefficient (Wildman–Crippen LogP) is 5.47. The van der Waals surface area contributed by atoms with Gasteiger partial charge in [-0.25, -0.2) is 0 Å². The highest BCUT2D eigenvalue weighted by molar-refractivity contribution is 6.31. The van der Waals surface area contributed by atoms with E-state index in [9.17, 15) is 4.79 Å². The Morgan fingerprint density at radius 3 is 2.65 bits per heavy atom. The lowest BCUT2D eigenvalue weighted by Gasteiger charge is -2.07. The first kappa shape index (κ1) is 15.4. The maximum absolute atomic E-state index is 12.3. The number of aryl methyl sites for hydroxylation is 2. The molecule has 1 heterocycles. The van der Waals surface area contributed by atoms with Gasteiger partial charge in [-0.2, -0.15) is 0 Å². The molecule has 1 aromatic heterocycles. The quantitative estimate of drug-likeness (QED) is 0.693. The van der Waals surface area contributed by atoms with Gasteiger partial charge in [0.05, 0.1) is 6.26 Å². The molecule has 0 unspecified atom stereocenters. The van der Waals surface area contributed by atoms with Crippen LogP contribution in [0.2, 0.25) is 5.02 Å². The van der Waals surface area contributed by atoms with Crippen LogP contribution in [0.25, 0.3) is 11.1 Å². The number of carbonyl (C=O) groups excluding carboxylic acids is 1. The third-order valence-corrected chi connectivity index (χ3v) is 3.86. The number of nitrogens with one attached hydrogen (secondary N) is 1. The number of rotatable bonds is 3. The van der Waals surface area contributed by atoms with Gasteiger partial charge in [-0.05, 0) is 43.2 Å². The largest absolute Gasteiger partial charge is 0.459 e. The molecule has 0 aliphatic carbocycles. The highest BCUT2D eigenvalue weighted by Gasteiger charge is 2.13. The summed E-state index contributed by atoms with van der Waals surface area (Å²) in [5.41, 5.74) is 4.67. The standard InChI is InChI=1S/C19H16ClNO2/c1-12-4-3-5-14(8-12)15-9-18(23-11-15)19(22)21-17-10-16(20)7-6-13(17)2/h3-11H,1-2H3,(H,21,22). The maximum Gasteiger partial charge on any atom is 0.291 e. The number of anilines is 1. The van der Waals surface area contributed by atoms with Crippen LogP contribution < -0.4 is 5.32 Å². The molecule has 0 bridgehead atoms. The summed E-state index contributed by atoms with van der Waals surface area (Å²) in [6.07, 6.45) is 1.59. The molecule has 0 spiro atoms. The summed E-state index contributed by atoms with van der Waals surface area (Å²) >= 11 is 5.97. The minimum Gasteiger partial charge on any atom is -0.459 e. The van der Waals surface area contributed by atoms with Crippen LogP contribution in [-0.2, 0) is 0 Å². The van der Waals surface area contributed by atoms with Crippen LogP contribution >= 0.6 is 11.6 Å². The second kappa shape index (κ2) is 6.31. The van der Waals surface area contributed by atoms with E-state index in [0.29, 0.717) is 10.7 Å². The zero-order valence-corrected chi connectivity index (χ0v) is 13.6. The van der Waals surface area contributed by atoms with Crippen LogP contribution in [0.5, 0.6) is 0 Å². The van der Waals surface area contributed by atoms with Crippen molar-refractivity contribution < 1.29 is 9.21 Å². The lowest BCUT2D eigenvalue weighted by molar-refractivity contribution is 0.0996. The van der Waals surface area contributed by atoms with Gasteiger partial charge < -0.3 is 9.73 Å². The van der Waals surface area contributed by atoms with Gasteiger partial charge in [-0.3, -0.25) is 4.79 Å². The van der Waals surface area contributed by atoms with Gasteiger partial charge in [-0.1, -0.05) is 47.5 Å². The van der Waals surface area contributed by atoms with E-state index in [1.807, 2.05) is 44.2 Å². The Bertz CT molecular complexity index is 867. The van der Waals surface area contributed by atoms with Crippen molar-refractivity contribution in [3.63, 3.8) is 0 Å². The summed E-state index contributed by atoms with van der Waals surface area (Å²) in [5, 5.41) is 3.40. The van der Waals surface area contributed by atoms with Gasteiger partial charge in [0, 0.05) is 16.3 Å². The molecule has 0 radical (unpaired) electrons. The van der Waals surface area contributed by atoms with Gasteiger partial charge in [0.1, 0.15) is 0 Å². The van der Waals surface area contributed by atoms with E-state index in [2.05, 4.69) is 5.32 Å². The van der Waals surface area contributed by atoms with Crippen LogP contribution in [0.1, 0.15) is 21.7 Å². The van der Waals surface area contributed by atoms with Gasteiger partial charge in [0.25, 0.3) is 5.91 Å². The van der Waals surface area contributed by atoms with Crippen molar-refractivity contribution in [3.05, 3.63) is 76.7 Å². The molecule has 1 amide bonds. The van der Waals surface area contributed by atoms with Crippen molar-refractivity contribution in [2.45, 2.75) is 13.8 Å². The molecule has 3 nitrogen and oxygen atoms in total. The molecule has 1 N–H and O–H groups in total. The van der Waals surface area contributed by atoms with Gasteiger partial charge >= 0.3 is 0 Å². The van der Waals surface area contributed by atoms with Crippen molar-refractivity contribution in [2.75, 3.05) is 5.32 Å².